The summed E-state index contributed by atoms with van der Waals surface area (Å²) in [5, 5.41) is 7.97. The minimum Gasteiger partial charge on any atom is -0.310 e. The highest BCUT2D eigenvalue weighted by molar-refractivity contribution is 9.10. The van der Waals surface area contributed by atoms with Crippen LogP contribution in [0.25, 0.3) is 0 Å². The molecule has 0 spiro atoms. The molecule has 0 bridgehead atoms. The van der Waals surface area contributed by atoms with E-state index in [0.29, 0.717) is 0 Å². The zero-order valence-electron chi connectivity index (χ0n) is 12.2. The first kappa shape index (κ1) is 15.2. The number of aryl methyl sites for hydroxylation is 1. The lowest BCUT2D eigenvalue weighted by atomic mass is 10.0. The minimum absolute atomic E-state index is 0.278. The van der Waals surface area contributed by atoms with Crippen molar-refractivity contribution in [3.63, 3.8) is 0 Å². The molecule has 1 N–H and O–H groups in total. The van der Waals surface area contributed by atoms with E-state index in [4.69, 9.17) is 0 Å². The fourth-order valence-electron chi connectivity index (χ4n) is 2.27. The summed E-state index contributed by atoms with van der Waals surface area (Å²) >= 11 is 3.48. The van der Waals surface area contributed by atoms with E-state index in [2.05, 4.69) is 51.2 Å². The molecule has 5 heteroatoms. The van der Waals surface area contributed by atoms with Crippen LogP contribution >= 0.6 is 15.9 Å². The van der Waals surface area contributed by atoms with E-state index in [1.807, 2.05) is 30.3 Å². The van der Waals surface area contributed by atoms with Crippen molar-refractivity contribution in [3.05, 3.63) is 46.0 Å². The van der Waals surface area contributed by atoms with Crippen LogP contribution in [0.2, 0.25) is 0 Å². The van der Waals surface area contributed by atoms with E-state index in [-0.39, 0.29) is 6.04 Å². The van der Waals surface area contributed by atoms with Crippen LogP contribution in [0.5, 0.6) is 0 Å². The van der Waals surface area contributed by atoms with Gasteiger partial charge in [-0.05, 0) is 53.9 Å². The van der Waals surface area contributed by atoms with Crippen LogP contribution in [0.1, 0.15) is 36.2 Å². The normalized spacial score (nSPS) is 12.6. The zero-order chi connectivity index (χ0) is 14.5. The number of nitrogens with one attached hydrogen (secondary N) is 1. The fourth-order valence-corrected chi connectivity index (χ4v) is 2.68. The molecule has 108 valence electrons. The maximum Gasteiger partial charge on any atom is 0.0540 e. The SMILES string of the molecule is CCCNC(Cc1cncc(Br)c1)c1cnn(C)c1C. The van der Waals surface area contributed by atoms with Gasteiger partial charge in [-0.3, -0.25) is 9.67 Å². The molecule has 0 saturated carbocycles. The van der Waals surface area contributed by atoms with Crippen molar-refractivity contribution in [1.82, 2.24) is 20.1 Å². The highest BCUT2D eigenvalue weighted by atomic mass is 79.9. The van der Waals surface area contributed by atoms with Crippen LogP contribution in [0.4, 0.5) is 0 Å². The van der Waals surface area contributed by atoms with E-state index in [9.17, 15) is 0 Å². The highest BCUT2D eigenvalue weighted by Gasteiger charge is 2.17. The highest BCUT2D eigenvalue weighted by Crippen LogP contribution is 2.22. The van der Waals surface area contributed by atoms with Crippen molar-refractivity contribution in [2.24, 2.45) is 7.05 Å². The number of pyridine rings is 1. The predicted octanol–water partition coefficient (Wildman–Crippen LogP) is 3.17. The molecular weight excluding hydrogens is 316 g/mol. The molecule has 0 radical (unpaired) electrons. The Hall–Kier alpha value is -1.20. The topological polar surface area (TPSA) is 42.7 Å². The van der Waals surface area contributed by atoms with Crippen LogP contribution in [0.3, 0.4) is 0 Å². The van der Waals surface area contributed by atoms with Crippen LogP contribution in [0, 0.1) is 6.92 Å². The minimum atomic E-state index is 0.278. The lowest BCUT2D eigenvalue weighted by Gasteiger charge is -2.18. The maximum absolute atomic E-state index is 4.36. The third-order valence-electron chi connectivity index (χ3n) is 3.49. The second kappa shape index (κ2) is 6.99. The van der Waals surface area contributed by atoms with Crippen molar-refractivity contribution < 1.29 is 0 Å². The number of halogens is 1. The van der Waals surface area contributed by atoms with Crippen LogP contribution in [-0.2, 0) is 13.5 Å². The van der Waals surface area contributed by atoms with Gasteiger partial charge in [0.05, 0.1) is 6.20 Å². The van der Waals surface area contributed by atoms with Gasteiger partial charge in [0.15, 0.2) is 0 Å². The molecule has 0 aliphatic carbocycles. The van der Waals surface area contributed by atoms with Gasteiger partial charge in [-0.2, -0.15) is 5.10 Å². The van der Waals surface area contributed by atoms with E-state index in [1.54, 1.807) is 0 Å². The van der Waals surface area contributed by atoms with Gasteiger partial charge in [0.1, 0.15) is 0 Å². The molecule has 0 saturated heterocycles. The number of hydrogen-bond acceptors (Lipinski definition) is 3. The summed E-state index contributed by atoms with van der Waals surface area (Å²) in [6, 6.07) is 2.40. The summed E-state index contributed by atoms with van der Waals surface area (Å²) in [6.07, 6.45) is 7.74. The number of nitrogens with zero attached hydrogens (tertiary/aromatic N) is 3. The van der Waals surface area contributed by atoms with Gasteiger partial charge in [-0.15, -0.1) is 0 Å². The number of rotatable bonds is 6. The summed E-state index contributed by atoms with van der Waals surface area (Å²) in [6.45, 7) is 5.30. The van der Waals surface area contributed by atoms with Crippen molar-refractivity contribution in [2.45, 2.75) is 32.7 Å². The Kier molecular flexibility index (Phi) is 5.31. The molecule has 0 amide bonds. The largest absolute Gasteiger partial charge is 0.310 e. The zero-order valence-corrected chi connectivity index (χ0v) is 13.8. The Morgan fingerprint density at radius 3 is 2.75 bits per heavy atom. The monoisotopic (exact) mass is 336 g/mol. The average molecular weight is 337 g/mol. The predicted molar refractivity (Wildman–Crippen MR) is 84.6 cm³/mol. The Balaban J connectivity index is 2.21. The van der Waals surface area contributed by atoms with E-state index >= 15 is 0 Å². The Morgan fingerprint density at radius 1 is 1.35 bits per heavy atom. The molecule has 0 fully saturated rings. The molecule has 2 rings (SSSR count). The summed E-state index contributed by atoms with van der Waals surface area (Å²) in [5.74, 6) is 0. The third-order valence-corrected chi connectivity index (χ3v) is 3.92. The molecule has 2 heterocycles. The van der Waals surface area contributed by atoms with Gasteiger partial charge in [0.2, 0.25) is 0 Å². The van der Waals surface area contributed by atoms with Gasteiger partial charge in [0, 0.05) is 41.2 Å². The van der Waals surface area contributed by atoms with Crippen molar-refractivity contribution >= 4 is 15.9 Å². The quantitative estimate of drug-likeness (QED) is 0.880. The van der Waals surface area contributed by atoms with Gasteiger partial charge >= 0.3 is 0 Å². The first-order valence-electron chi connectivity index (χ1n) is 6.93. The summed E-state index contributed by atoms with van der Waals surface area (Å²) in [4.78, 5) is 4.24. The van der Waals surface area contributed by atoms with Gasteiger partial charge in [0.25, 0.3) is 0 Å². The molecule has 4 nitrogen and oxygen atoms in total. The standard InChI is InChI=1S/C15H21BrN4/c1-4-5-18-15(14-10-19-20(3)11(14)2)7-12-6-13(16)9-17-8-12/h6,8-10,15,18H,4-5,7H2,1-3H3. The van der Waals surface area contributed by atoms with Crippen molar-refractivity contribution in [3.8, 4) is 0 Å². The van der Waals surface area contributed by atoms with E-state index < -0.39 is 0 Å². The molecule has 2 aromatic rings. The average Bonchev–Trinajstić information content (AvgIpc) is 2.75. The molecular formula is C15H21BrN4. The molecule has 1 unspecified atom stereocenters. The lowest BCUT2D eigenvalue weighted by Crippen LogP contribution is -2.24. The Labute approximate surface area is 128 Å². The van der Waals surface area contributed by atoms with E-state index in [1.165, 1.54) is 16.8 Å². The van der Waals surface area contributed by atoms with Crippen molar-refractivity contribution in [2.75, 3.05) is 6.54 Å². The first-order chi connectivity index (χ1) is 9.61. The van der Waals surface area contributed by atoms with Gasteiger partial charge < -0.3 is 5.32 Å². The van der Waals surface area contributed by atoms with Gasteiger partial charge in [-0.1, -0.05) is 6.92 Å². The third kappa shape index (κ3) is 3.67. The van der Waals surface area contributed by atoms with Crippen LogP contribution in [0.15, 0.2) is 29.1 Å². The molecule has 20 heavy (non-hydrogen) atoms. The first-order valence-corrected chi connectivity index (χ1v) is 7.72. The van der Waals surface area contributed by atoms with Gasteiger partial charge in [-0.25, -0.2) is 0 Å². The number of aromatic nitrogens is 3. The molecule has 2 aromatic heterocycles. The molecule has 0 aliphatic heterocycles. The molecule has 1 atom stereocenters. The van der Waals surface area contributed by atoms with Crippen LogP contribution in [-0.4, -0.2) is 21.3 Å². The van der Waals surface area contributed by atoms with Crippen molar-refractivity contribution in [1.29, 1.82) is 0 Å². The second-order valence-corrected chi connectivity index (χ2v) is 5.95. The summed E-state index contributed by atoms with van der Waals surface area (Å²) in [7, 11) is 1.98. The summed E-state index contributed by atoms with van der Waals surface area (Å²) < 4.78 is 2.95. The fraction of sp³-hybridized carbons (Fsp3) is 0.467. The van der Waals surface area contributed by atoms with E-state index in [0.717, 1.165) is 23.9 Å². The smallest absolute Gasteiger partial charge is 0.0540 e. The Bertz CT molecular complexity index is 565. The molecule has 0 aliphatic rings. The maximum atomic E-state index is 4.36. The molecule has 0 aromatic carbocycles. The number of hydrogen-bond donors (Lipinski definition) is 1. The van der Waals surface area contributed by atoms with Crippen LogP contribution < -0.4 is 5.32 Å². The lowest BCUT2D eigenvalue weighted by molar-refractivity contribution is 0.525. The second-order valence-electron chi connectivity index (χ2n) is 5.03. The summed E-state index contributed by atoms with van der Waals surface area (Å²) in [5.41, 5.74) is 3.69. The Morgan fingerprint density at radius 2 is 2.15 bits per heavy atom.